The van der Waals surface area contributed by atoms with Crippen molar-refractivity contribution in [1.29, 1.82) is 0 Å². The first-order valence-corrected chi connectivity index (χ1v) is 11.0. The van der Waals surface area contributed by atoms with Crippen molar-refractivity contribution in [1.82, 2.24) is 10.6 Å². The Morgan fingerprint density at radius 2 is 1.21 bits per heavy atom. The maximum Gasteiger partial charge on any atom is 0.255 e. The van der Waals surface area contributed by atoms with E-state index in [-0.39, 0.29) is 17.7 Å². The lowest BCUT2D eigenvalue weighted by molar-refractivity contribution is 0.0928. The van der Waals surface area contributed by atoms with E-state index in [0.29, 0.717) is 35.5 Å². The SMILES string of the molecule is Cc1ccc(C(=O)Nc2ccc(C(=O)NCCNC(=O)c3cccc4ccccc34)cc2)cc1. The number of carbonyl (C=O) groups excluding carboxylic acids is 3. The molecule has 0 aliphatic rings. The molecule has 3 N–H and O–H groups in total. The first kappa shape index (κ1) is 22.7. The van der Waals surface area contributed by atoms with Gasteiger partial charge in [-0.05, 0) is 60.2 Å². The summed E-state index contributed by atoms with van der Waals surface area (Å²) in [7, 11) is 0. The molecule has 0 heterocycles. The van der Waals surface area contributed by atoms with Crippen molar-refractivity contribution in [2.45, 2.75) is 6.92 Å². The summed E-state index contributed by atoms with van der Waals surface area (Å²) in [6, 6.07) is 27.3. The zero-order valence-electron chi connectivity index (χ0n) is 18.8. The summed E-state index contributed by atoms with van der Waals surface area (Å²) in [5, 5.41) is 10.4. The van der Waals surface area contributed by atoms with Gasteiger partial charge in [-0.15, -0.1) is 0 Å². The number of anilines is 1. The van der Waals surface area contributed by atoms with Gasteiger partial charge in [-0.25, -0.2) is 0 Å². The van der Waals surface area contributed by atoms with Gasteiger partial charge in [0.2, 0.25) is 0 Å². The van der Waals surface area contributed by atoms with Crippen LogP contribution < -0.4 is 16.0 Å². The Bertz CT molecular complexity index is 1320. The highest BCUT2D eigenvalue weighted by atomic mass is 16.2. The molecule has 0 aromatic heterocycles. The van der Waals surface area contributed by atoms with Gasteiger partial charge in [0.1, 0.15) is 0 Å². The molecule has 0 bridgehead atoms. The third-order valence-electron chi connectivity index (χ3n) is 5.45. The number of hydrogen-bond acceptors (Lipinski definition) is 3. The molecule has 0 atom stereocenters. The third-order valence-corrected chi connectivity index (χ3v) is 5.45. The molecular formula is C28H25N3O3. The topological polar surface area (TPSA) is 87.3 Å². The van der Waals surface area contributed by atoms with Crippen LogP contribution in [0.2, 0.25) is 0 Å². The summed E-state index contributed by atoms with van der Waals surface area (Å²) in [6.45, 7) is 2.56. The van der Waals surface area contributed by atoms with Crippen LogP contribution in [0.15, 0.2) is 91.0 Å². The normalized spacial score (nSPS) is 10.5. The van der Waals surface area contributed by atoms with E-state index in [1.807, 2.05) is 55.5 Å². The van der Waals surface area contributed by atoms with Crippen LogP contribution in [0.3, 0.4) is 0 Å². The number of carbonyl (C=O) groups is 3. The predicted molar refractivity (Wildman–Crippen MR) is 134 cm³/mol. The van der Waals surface area contributed by atoms with Gasteiger partial charge in [0.25, 0.3) is 17.7 Å². The van der Waals surface area contributed by atoms with Crippen LogP contribution in [0.25, 0.3) is 10.8 Å². The molecule has 3 amide bonds. The Balaban J connectivity index is 1.26. The highest BCUT2D eigenvalue weighted by molar-refractivity contribution is 6.07. The van der Waals surface area contributed by atoms with Crippen LogP contribution in [-0.4, -0.2) is 30.8 Å². The third kappa shape index (κ3) is 5.48. The minimum Gasteiger partial charge on any atom is -0.350 e. The average Bonchev–Trinajstić information content (AvgIpc) is 2.86. The van der Waals surface area contributed by atoms with Gasteiger partial charge in [-0.2, -0.15) is 0 Å². The Morgan fingerprint density at radius 1 is 0.618 bits per heavy atom. The summed E-state index contributed by atoms with van der Waals surface area (Å²) < 4.78 is 0. The van der Waals surface area contributed by atoms with E-state index >= 15 is 0 Å². The smallest absolute Gasteiger partial charge is 0.255 e. The Labute approximate surface area is 198 Å². The summed E-state index contributed by atoms with van der Waals surface area (Å²) in [6.07, 6.45) is 0. The molecule has 0 saturated carbocycles. The van der Waals surface area contributed by atoms with Crippen molar-refractivity contribution < 1.29 is 14.4 Å². The van der Waals surface area contributed by atoms with E-state index in [4.69, 9.17) is 0 Å². The van der Waals surface area contributed by atoms with Crippen LogP contribution in [-0.2, 0) is 0 Å². The first-order chi connectivity index (χ1) is 16.5. The van der Waals surface area contributed by atoms with Crippen LogP contribution in [0.4, 0.5) is 5.69 Å². The van der Waals surface area contributed by atoms with Gasteiger partial charge in [0.15, 0.2) is 0 Å². The van der Waals surface area contributed by atoms with Crippen LogP contribution in [0.1, 0.15) is 36.6 Å². The van der Waals surface area contributed by atoms with E-state index in [1.54, 1.807) is 42.5 Å². The van der Waals surface area contributed by atoms with Crippen molar-refractivity contribution in [3.05, 3.63) is 113 Å². The number of rotatable bonds is 7. The molecule has 6 heteroatoms. The molecule has 0 aliphatic carbocycles. The molecule has 4 rings (SSSR count). The molecular weight excluding hydrogens is 426 g/mol. The van der Waals surface area contributed by atoms with Crippen LogP contribution in [0, 0.1) is 6.92 Å². The molecule has 34 heavy (non-hydrogen) atoms. The highest BCUT2D eigenvalue weighted by Gasteiger charge is 2.10. The fourth-order valence-corrected chi connectivity index (χ4v) is 3.59. The molecule has 0 unspecified atom stereocenters. The maximum absolute atomic E-state index is 12.6. The van der Waals surface area contributed by atoms with Crippen molar-refractivity contribution in [2.75, 3.05) is 18.4 Å². The fraction of sp³-hybridized carbons (Fsp3) is 0.107. The zero-order valence-corrected chi connectivity index (χ0v) is 18.8. The molecule has 4 aromatic rings. The van der Waals surface area contributed by atoms with Crippen molar-refractivity contribution in [2.24, 2.45) is 0 Å². The number of nitrogens with one attached hydrogen (secondary N) is 3. The average molecular weight is 452 g/mol. The molecule has 0 saturated heterocycles. The lowest BCUT2D eigenvalue weighted by Crippen LogP contribution is -2.34. The minimum atomic E-state index is -0.254. The Hall–Kier alpha value is -4.45. The second-order valence-electron chi connectivity index (χ2n) is 7.94. The Morgan fingerprint density at radius 3 is 1.94 bits per heavy atom. The van der Waals surface area contributed by atoms with E-state index in [2.05, 4.69) is 16.0 Å². The summed E-state index contributed by atoms with van der Waals surface area (Å²) in [5.74, 6) is -0.644. The molecule has 170 valence electrons. The van der Waals surface area contributed by atoms with Gasteiger partial charge >= 0.3 is 0 Å². The molecule has 6 nitrogen and oxygen atoms in total. The number of fused-ring (bicyclic) bond motifs is 1. The predicted octanol–water partition coefficient (Wildman–Crippen LogP) is 4.56. The lowest BCUT2D eigenvalue weighted by Gasteiger charge is -2.10. The number of benzene rings is 4. The highest BCUT2D eigenvalue weighted by Crippen LogP contribution is 2.18. The van der Waals surface area contributed by atoms with E-state index in [1.165, 1.54) is 0 Å². The molecule has 4 aromatic carbocycles. The van der Waals surface area contributed by atoms with Crippen molar-refractivity contribution in [3.63, 3.8) is 0 Å². The zero-order chi connectivity index (χ0) is 23.9. The largest absolute Gasteiger partial charge is 0.350 e. The minimum absolute atomic E-state index is 0.181. The van der Waals surface area contributed by atoms with Crippen LogP contribution >= 0.6 is 0 Å². The standard InChI is InChI=1S/C28H25N3O3/c1-19-9-11-22(12-10-19)27(33)31-23-15-13-21(14-16-23)26(32)29-17-18-30-28(34)25-8-4-6-20-5-2-3-7-24(20)25/h2-16H,17-18H2,1H3,(H,29,32)(H,30,34)(H,31,33). The fourth-order valence-electron chi connectivity index (χ4n) is 3.59. The molecule has 0 aliphatic heterocycles. The van der Waals surface area contributed by atoms with Crippen molar-refractivity contribution >= 4 is 34.2 Å². The lowest BCUT2D eigenvalue weighted by atomic mass is 10.0. The van der Waals surface area contributed by atoms with E-state index < -0.39 is 0 Å². The quantitative estimate of drug-likeness (QED) is 0.360. The molecule has 0 fully saturated rings. The van der Waals surface area contributed by atoms with E-state index in [0.717, 1.165) is 16.3 Å². The monoisotopic (exact) mass is 451 g/mol. The second-order valence-corrected chi connectivity index (χ2v) is 7.94. The molecule has 0 radical (unpaired) electrons. The molecule has 0 spiro atoms. The Kier molecular flexibility index (Phi) is 6.98. The van der Waals surface area contributed by atoms with Crippen molar-refractivity contribution in [3.8, 4) is 0 Å². The van der Waals surface area contributed by atoms with Gasteiger partial charge in [-0.1, -0.05) is 54.1 Å². The number of amides is 3. The van der Waals surface area contributed by atoms with Crippen LogP contribution in [0.5, 0.6) is 0 Å². The van der Waals surface area contributed by atoms with E-state index in [9.17, 15) is 14.4 Å². The summed E-state index contributed by atoms with van der Waals surface area (Å²) >= 11 is 0. The summed E-state index contributed by atoms with van der Waals surface area (Å²) in [5.41, 5.74) is 3.32. The van der Waals surface area contributed by atoms with Gasteiger partial charge < -0.3 is 16.0 Å². The second kappa shape index (κ2) is 10.4. The van der Waals surface area contributed by atoms with Gasteiger partial charge in [0, 0.05) is 35.5 Å². The van der Waals surface area contributed by atoms with Gasteiger partial charge in [-0.3, -0.25) is 14.4 Å². The summed E-state index contributed by atoms with van der Waals surface area (Å²) in [4.78, 5) is 37.3. The first-order valence-electron chi connectivity index (χ1n) is 11.0. The maximum atomic E-state index is 12.6. The number of aryl methyl sites for hydroxylation is 1. The van der Waals surface area contributed by atoms with Gasteiger partial charge in [0.05, 0.1) is 0 Å². The number of hydrogen-bond donors (Lipinski definition) is 3.